The molecule has 0 aromatic rings. The van der Waals surface area contributed by atoms with E-state index in [0.717, 1.165) is 19.5 Å². The third kappa shape index (κ3) is 2.06. The Hall–Kier alpha value is -0.810. The molecule has 0 fully saturated rings. The first-order chi connectivity index (χ1) is 5.38. The molecule has 0 saturated heterocycles. The van der Waals surface area contributed by atoms with Crippen LogP contribution in [0.15, 0.2) is 12.2 Å². The molecule has 2 nitrogen and oxygen atoms in total. The maximum atomic E-state index is 8.53. The van der Waals surface area contributed by atoms with Gasteiger partial charge in [0.2, 0.25) is 0 Å². The third-order valence-electron chi connectivity index (χ3n) is 2.16. The largest absolute Gasteiger partial charge is 0.292 e. The Morgan fingerprint density at radius 3 is 2.64 bits per heavy atom. The average molecular weight is 150 g/mol. The van der Waals surface area contributed by atoms with Crippen molar-refractivity contribution in [3.8, 4) is 6.07 Å². The van der Waals surface area contributed by atoms with Crippen LogP contribution in [0.25, 0.3) is 0 Å². The summed E-state index contributed by atoms with van der Waals surface area (Å²) in [7, 11) is 0. The molecule has 1 aliphatic rings. The Morgan fingerprint density at radius 1 is 1.55 bits per heavy atom. The van der Waals surface area contributed by atoms with Gasteiger partial charge < -0.3 is 0 Å². The molecule has 0 saturated carbocycles. The molecule has 0 aromatic heterocycles. The molecule has 2 heteroatoms. The van der Waals surface area contributed by atoms with Crippen LogP contribution in [0, 0.1) is 11.3 Å². The van der Waals surface area contributed by atoms with Crippen LogP contribution in [0.3, 0.4) is 0 Å². The van der Waals surface area contributed by atoms with Gasteiger partial charge in [-0.15, -0.1) is 0 Å². The van der Waals surface area contributed by atoms with Gasteiger partial charge in [0.15, 0.2) is 0 Å². The molecule has 0 amide bonds. The molecule has 60 valence electrons. The zero-order valence-electron chi connectivity index (χ0n) is 6.95. The molecule has 1 atom stereocenters. The van der Waals surface area contributed by atoms with E-state index in [4.69, 9.17) is 5.26 Å². The lowest BCUT2D eigenvalue weighted by Crippen LogP contribution is -2.32. The lowest BCUT2D eigenvalue weighted by molar-refractivity contribution is 0.249. The molecule has 1 aliphatic heterocycles. The summed E-state index contributed by atoms with van der Waals surface area (Å²) in [5.74, 6) is 0. The van der Waals surface area contributed by atoms with Crippen LogP contribution in [0.5, 0.6) is 0 Å². The van der Waals surface area contributed by atoms with Crippen molar-refractivity contribution in [3.63, 3.8) is 0 Å². The second-order valence-electron chi connectivity index (χ2n) is 2.85. The van der Waals surface area contributed by atoms with Gasteiger partial charge in [-0.2, -0.15) is 5.26 Å². The molecular formula is C9H14N2. The van der Waals surface area contributed by atoms with Crippen molar-refractivity contribution in [2.75, 3.05) is 13.1 Å². The van der Waals surface area contributed by atoms with Crippen LogP contribution in [0.2, 0.25) is 0 Å². The summed E-state index contributed by atoms with van der Waals surface area (Å²) in [5.41, 5.74) is 0. The zero-order valence-corrected chi connectivity index (χ0v) is 6.95. The van der Waals surface area contributed by atoms with Crippen molar-refractivity contribution in [1.29, 1.82) is 5.26 Å². The molecule has 0 spiro atoms. The summed E-state index contributed by atoms with van der Waals surface area (Å²) in [6.45, 7) is 4.20. The van der Waals surface area contributed by atoms with Crippen LogP contribution in [0.1, 0.15) is 19.8 Å². The van der Waals surface area contributed by atoms with E-state index in [9.17, 15) is 0 Å². The van der Waals surface area contributed by atoms with Crippen molar-refractivity contribution < 1.29 is 0 Å². The summed E-state index contributed by atoms with van der Waals surface area (Å²) < 4.78 is 0. The normalized spacial score (nSPS) is 20.0. The van der Waals surface area contributed by atoms with Gasteiger partial charge in [-0.1, -0.05) is 19.1 Å². The van der Waals surface area contributed by atoms with E-state index in [-0.39, 0.29) is 0 Å². The van der Waals surface area contributed by atoms with Crippen molar-refractivity contribution >= 4 is 0 Å². The highest BCUT2D eigenvalue weighted by molar-refractivity contribution is 4.98. The van der Waals surface area contributed by atoms with Gasteiger partial charge in [-0.25, -0.2) is 0 Å². The minimum absolute atomic E-state index is 0.468. The highest BCUT2D eigenvalue weighted by atomic mass is 15.2. The predicted octanol–water partition coefficient (Wildman–Crippen LogP) is 1.55. The van der Waals surface area contributed by atoms with Gasteiger partial charge in [0.05, 0.1) is 12.5 Å². The summed E-state index contributed by atoms with van der Waals surface area (Å²) >= 11 is 0. The highest BCUT2D eigenvalue weighted by Crippen LogP contribution is 2.11. The fourth-order valence-corrected chi connectivity index (χ4v) is 1.43. The van der Waals surface area contributed by atoms with Crippen LogP contribution in [0.4, 0.5) is 0 Å². The molecule has 1 unspecified atom stereocenters. The smallest absolute Gasteiger partial charge is 0.0638 e. The minimum Gasteiger partial charge on any atom is -0.292 e. The third-order valence-corrected chi connectivity index (χ3v) is 2.16. The van der Waals surface area contributed by atoms with E-state index in [1.165, 1.54) is 0 Å². The Kier molecular flexibility index (Phi) is 3.13. The van der Waals surface area contributed by atoms with E-state index >= 15 is 0 Å². The molecule has 1 heterocycles. The maximum Gasteiger partial charge on any atom is 0.0638 e. The molecule has 1 rings (SSSR count). The number of nitriles is 1. The monoisotopic (exact) mass is 150 g/mol. The van der Waals surface area contributed by atoms with Crippen LogP contribution < -0.4 is 0 Å². The van der Waals surface area contributed by atoms with Gasteiger partial charge in [0.25, 0.3) is 0 Å². The van der Waals surface area contributed by atoms with Crippen molar-refractivity contribution in [3.05, 3.63) is 12.2 Å². The quantitative estimate of drug-likeness (QED) is 0.571. The molecule has 0 N–H and O–H groups in total. The Bertz CT molecular complexity index is 170. The Morgan fingerprint density at radius 2 is 2.18 bits per heavy atom. The van der Waals surface area contributed by atoms with Crippen LogP contribution >= 0.6 is 0 Å². The van der Waals surface area contributed by atoms with E-state index in [0.29, 0.717) is 12.5 Å². The summed E-state index contributed by atoms with van der Waals surface area (Å²) in [5, 5.41) is 8.53. The summed E-state index contributed by atoms with van der Waals surface area (Å²) in [6, 6.07) is 2.69. The maximum absolute atomic E-state index is 8.53. The molecule has 11 heavy (non-hydrogen) atoms. The van der Waals surface area contributed by atoms with Gasteiger partial charge in [-0.05, 0) is 6.42 Å². The summed E-state index contributed by atoms with van der Waals surface area (Å²) in [4.78, 5) is 2.34. The van der Waals surface area contributed by atoms with Crippen LogP contribution in [-0.4, -0.2) is 24.0 Å². The lowest BCUT2D eigenvalue weighted by Gasteiger charge is -2.23. The fraction of sp³-hybridized carbons (Fsp3) is 0.667. The lowest BCUT2D eigenvalue weighted by atomic mass is 10.1. The van der Waals surface area contributed by atoms with Gasteiger partial charge in [0, 0.05) is 19.1 Å². The van der Waals surface area contributed by atoms with Crippen molar-refractivity contribution in [2.24, 2.45) is 0 Å². The van der Waals surface area contributed by atoms with E-state index in [1.807, 2.05) is 0 Å². The summed E-state index contributed by atoms with van der Waals surface area (Å²) in [6.07, 6.45) is 6.08. The first-order valence-electron chi connectivity index (χ1n) is 4.14. The Balaban J connectivity index is 2.36. The standard InChI is InChI=1S/C9H14N2/c1-2-9(5-6-10)11-7-3-4-8-11/h3-4,9H,2,5,7-8H2,1H3. The fourth-order valence-electron chi connectivity index (χ4n) is 1.43. The topological polar surface area (TPSA) is 27.0 Å². The van der Waals surface area contributed by atoms with Crippen LogP contribution in [-0.2, 0) is 0 Å². The number of rotatable bonds is 3. The second kappa shape index (κ2) is 4.15. The van der Waals surface area contributed by atoms with Crippen molar-refractivity contribution in [1.82, 2.24) is 4.90 Å². The SMILES string of the molecule is CCC(CC#N)N1CC=CC1. The minimum atomic E-state index is 0.468. The number of nitrogens with zero attached hydrogens (tertiary/aromatic N) is 2. The molecule has 0 aliphatic carbocycles. The second-order valence-corrected chi connectivity index (χ2v) is 2.85. The number of hydrogen-bond donors (Lipinski definition) is 0. The van der Waals surface area contributed by atoms with E-state index < -0.39 is 0 Å². The number of hydrogen-bond acceptors (Lipinski definition) is 2. The molecule has 0 aromatic carbocycles. The highest BCUT2D eigenvalue weighted by Gasteiger charge is 2.16. The molecular weight excluding hydrogens is 136 g/mol. The van der Waals surface area contributed by atoms with Crippen molar-refractivity contribution in [2.45, 2.75) is 25.8 Å². The first kappa shape index (κ1) is 8.29. The average Bonchev–Trinajstić information content (AvgIpc) is 2.52. The zero-order chi connectivity index (χ0) is 8.10. The molecule has 0 bridgehead atoms. The van der Waals surface area contributed by atoms with Gasteiger partial charge >= 0.3 is 0 Å². The predicted molar refractivity (Wildman–Crippen MR) is 45.0 cm³/mol. The van der Waals surface area contributed by atoms with E-state index in [2.05, 4.69) is 30.0 Å². The Labute approximate surface area is 68.1 Å². The molecule has 0 radical (unpaired) electrons. The van der Waals surface area contributed by atoms with Gasteiger partial charge in [-0.3, -0.25) is 4.90 Å². The van der Waals surface area contributed by atoms with E-state index in [1.54, 1.807) is 0 Å². The van der Waals surface area contributed by atoms with Gasteiger partial charge in [0.1, 0.15) is 0 Å². The first-order valence-corrected chi connectivity index (χ1v) is 4.14.